The van der Waals surface area contributed by atoms with E-state index in [4.69, 9.17) is 9.47 Å². The number of carbonyl (C=O) groups is 1. The highest BCUT2D eigenvalue weighted by atomic mass is 16.5. The Kier molecular flexibility index (Phi) is 6.33. The van der Waals surface area contributed by atoms with Crippen molar-refractivity contribution >= 4 is 5.78 Å². The lowest BCUT2D eigenvalue weighted by Crippen LogP contribution is -2.07. The fourth-order valence-corrected chi connectivity index (χ4v) is 1.52. The highest BCUT2D eigenvalue weighted by Gasteiger charge is 2.10. The van der Waals surface area contributed by atoms with Gasteiger partial charge < -0.3 is 9.47 Å². The molecule has 0 aliphatic rings. The second kappa shape index (κ2) is 7.85. The SMILES string of the molecule is CCCCOCCC(=O)c1ccccc1OC. The van der Waals surface area contributed by atoms with Gasteiger partial charge in [0.05, 0.1) is 19.3 Å². The standard InChI is InChI=1S/C14H20O3/c1-3-4-10-17-11-9-13(15)12-7-5-6-8-14(12)16-2/h5-8H,3-4,9-11H2,1-2H3. The normalized spacial score (nSPS) is 10.2. The van der Waals surface area contributed by atoms with Crippen LogP contribution in [0.5, 0.6) is 5.75 Å². The summed E-state index contributed by atoms with van der Waals surface area (Å²) in [5.41, 5.74) is 0.633. The first-order valence-corrected chi connectivity index (χ1v) is 6.03. The average Bonchev–Trinajstić information content (AvgIpc) is 2.38. The van der Waals surface area contributed by atoms with Crippen molar-refractivity contribution in [1.29, 1.82) is 0 Å². The summed E-state index contributed by atoms with van der Waals surface area (Å²) in [6, 6.07) is 7.28. The number of hydrogen-bond donors (Lipinski definition) is 0. The molecule has 0 amide bonds. The highest BCUT2D eigenvalue weighted by Crippen LogP contribution is 2.18. The van der Waals surface area contributed by atoms with Crippen LogP contribution in [0, 0.1) is 0 Å². The number of rotatable bonds is 8. The molecule has 1 aromatic carbocycles. The third-order valence-electron chi connectivity index (χ3n) is 2.52. The number of para-hydroxylation sites is 1. The van der Waals surface area contributed by atoms with E-state index in [-0.39, 0.29) is 5.78 Å². The van der Waals surface area contributed by atoms with Crippen LogP contribution in [0.25, 0.3) is 0 Å². The smallest absolute Gasteiger partial charge is 0.168 e. The fraction of sp³-hybridized carbons (Fsp3) is 0.500. The minimum absolute atomic E-state index is 0.0685. The molecule has 3 heteroatoms. The molecule has 0 atom stereocenters. The molecule has 0 saturated carbocycles. The number of ketones is 1. The van der Waals surface area contributed by atoms with Crippen LogP contribution >= 0.6 is 0 Å². The maximum Gasteiger partial charge on any atom is 0.168 e. The topological polar surface area (TPSA) is 35.5 Å². The minimum atomic E-state index is 0.0685. The molecule has 3 nitrogen and oxygen atoms in total. The molecular weight excluding hydrogens is 216 g/mol. The molecular formula is C14H20O3. The van der Waals surface area contributed by atoms with Crippen LogP contribution < -0.4 is 4.74 Å². The van der Waals surface area contributed by atoms with Crippen LogP contribution in [-0.4, -0.2) is 26.1 Å². The first-order chi connectivity index (χ1) is 8.29. The molecule has 17 heavy (non-hydrogen) atoms. The Labute approximate surface area is 103 Å². The molecule has 0 saturated heterocycles. The van der Waals surface area contributed by atoms with Gasteiger partial charge in [0.25, 0.3) is 0 Å². The van der Waals surface area contributed by atoms with E-state index in [9.17, 15) is 4.79 Å². The molecule has 0 bridgehead atoms. The van der Waals surface area contributed by atoms with Crippen LogP contribution in [0.2, 0.25) is 0 Å². The number of methoxy groups -OCH3 is 1. The van der Waals surface area contributed by atoms with Gasteiger partial charge in [-0.15, -0.1) is 0 Å². The van der Waals surface area contributed by atoms with Crippen LogP contribution in [0.4, 0.5) is 0 Å². The molecule has 1 rings (SSSR count). The van der Waals surface area contributed by atoms with Crippen LogP contribution in [0.15, 0.2) is 24.3 Å². The molecule has 0 unspecified atom stereocenters. The molecule has 0 aliphatic carbocycles. The summed E-state index contributed by atoms with van der Waals surface area (Å²) < 4.78 is 10.5. The predicted octanol–water partition coefficient (Wildman–Crippen LogP) is 3.08. The van der Waals surface area contributed by atoms with Gasteiger partial charge in [0.1, 0.15) is 5.75 Å². The first kappa shape index (κ1) is 13.7. The van der Waals surface area contributed by atoms with E-state index < -0.39 is 0 Å². The van der Waals surface area contributed by atoms with Gasteiger partial charge in [0, 0.05) is 13.0 Å². The van der Waals surface area contributed by atoms with Crippen molar-refractivity contribution in [2.45, 2.75) is 26.2 Å². The lowest BCUT2D eigenvalue weighted by molar-refractivity contribution is 0.0871. The Hall–Kier alpha value is -1.35. The molecule has 1 aromatic rings. The zero-order valence-corrected chi connectivity index (χ0v) is 10.6. The second-order valence-corrected chi connectivity index (χ2v) is 3.84. The van der Waals surface area contributed by atoms with Gasteiger partial charge in [-0.1, -0.05) is 25.5 Å². The van der Waals surface area contributed by atoms with Crippen molar-refractivity contribution in [1.82, 2.24) is 0 Å². The quantitative estimate of drug-likeness (QED) is 0.514. The van der Waals surface area contributed by atoms with Crippen molar-refractivity contribution in [2.75, 3.05) is 20.3 Å². The number of hydrogen-bond acceptors (Lipinski definition) is 3. The maximum absolute atomic E-state index is 11.9. The molecule has 94 valence electrons. The molecule has 0 aliphatic heterocycles. The van der Waals surface area contributed by atoms with E-state index in [2.05, 4.69) is 6.92 Å². The van der Waals surface area contributed by atoms with Crippen LogP contribution in [0.1, 0.15) is 36.5 Å². The third-order valence-corrected chi connectivity index (χ3v) is 2.52. The van der Waals surface area contributed by atoms with Crippen molar-refractivity contribution in [3.8, 4) is 5.75 Å². The van der Waals surface area contributed by atoms with Gasteiger partial charge in [0.15, 0.2) is 5.78 Å². The van der Waals surface area contributed by atoms with E-state index >= 15 is 0 Å². The van der Waals surface area contributed by atoms with Crippen molar-refractivity contribution in [3.63, 3.8) is 0 Å². The van der Waals surface area contributed by atoms with Gasteiger partial charge in [-0.25, -0.2) is 0 Å². The largest absolute Gasteiger partial charge is 0.496 e. The van der Waals surface area contributed by atoms with Gasteiger partial charge in [-0.2, -0.15) is 0 Å². The van der Waals surface area contributed by atoms with Gasteiger partial charge in [-0.05, 0) is 18.6 Å². The van der Waals surface area contributed by atoms with E-state index in [0.29, 0.717) is 24.3 Å². The molecule has 0 N–H and O–H groups in total. The summed E-state index contributed by atoms with van der Waals surface area (Å²) in [4.78, 5) is 11.9. The number of carbonyl (C=O) groups excluding carboxylic acids is 1. The van der Waals surface area contributed by atoms with Gasteiger partial charge in [0.2, 0.25) is 0 Å². The molecule has 0 heterocycles. The summed E-state index contributed by atoms with van der Waals surface area (Å²) in [5, 5.41) is 0. The van der Waals surface area contributed by atoms with Gasteiger partial charge in [-0.3, -0.25) is 4.79 Å². The van der Waals surface area contributed by atoms with E-state index in [0.717, 1.165) is 19.4 Å². The average molecular weight is 236 g/mol. The number of unbranched alkanes of at least 4 members (excludes halogenated alkanes) is 1. The number of ether oxygens (including phenoxy) is 2. The molecule has 0 spiro atoms. The molecule has 0 aromatic heterocycles. The van der Waals surface area contributed by atoms with E-state index in [1.165, 1.54) is 0 Å². The molecule has 0 radical (unpaired) electrons. The summed E-state index contributed by atoms with van der Waals surface area (Å²) in [5.74, 6) is 0.699. The fourth-order valence-electron chi connectivity index (χ4n) is 1.52. The van der Waals surface area contributed by atoms with Crippen LogP contribution in [0.3, 0.4) is 0 Å². The monoisotopic (exact) mass is 236 g/mol. The zero-order valence-electron chi connectivity index (χ0n) is 10.6. The zero-order chi connectivity index (χ0) is 12.5. The van der Waals surface area contributed by atoms with Crippen molar-refractivity contribution in [2.24, 2.45) is 0 Å². The Morgan fingerprint density at radius 1 is 1.24 bits per heavy atom. The Morgan fingerprint density at radius 3 is 2.71 bits per heavy atom. The number of Topliss-reactive ketones (excluding diaryl/α,β-unsaturated/α-hetero) is 1. The Balaban J connectivity index is 2.41. The van der Waals surface area contributed by atoms with Crippen molar-refractivity contribution < 1.29 is 14.3 Å². The van der Waals surface area contributed by atoms with E-state index in [1.54, 1.807) is 19.2 Å². The highest BCUT2D eigenvalue weighted by molar-refractivity contribution is 5.98. The Bertz CT molecular complexity index is 347. The lowest BCUT2D eigenvalue weighted by Gasteiger charge is -2.07. The summed E-state index contributed by atoms with van der Waals surface area (Å²) >= 11 is 0. The maximum atomic E-state index is 11.9. The lowest BCUT2D eigenvalue weighted by atomic mass is 10.1. The summed E-state index contributed by atoms with van der Waals surface area (Å²) in [6.07, 6.45) is 2.56. The van der Waals surface area contributed by atoms with Gasteiger partial charge >= 0.3 is 0 Å². The Morgan fingerprint density at radius 2 is 2.00 bits per heavy atom. The summed E-state index contributed by atoms with van der Waals surface area (Å²) in [6.45, 7) is 3.33. The van der Waals surface area contributed by atoms with Crippen molar-refractivity contribution in [3.05, 3.63) is 29.8 Å². The predicted molar refractivity (Wildman–Crippen MR) is 67.7 cm³/mol. The third kappa shape index (κ3) is 4.57. The second-order valence-electron chi connectivity index (χ2n) is 3.84. The van der Waals surface area contributed by atoms with E-state index in [1.807, 2.05) is 12.1 Å². The summed E-state index contributed by atoms with van der Waals surface area (Å²) in [7, 11) is 1.57. The number of benzene rings is 1. The minimum Gasteiger partial charge on any atom is -0.496 e. The first-order valence-electron chi connectivity index (χ1n) is 6.03. The van der Waals surface area contributed by atoms with Crippen LogP contribution in [-0.2, 0) is 4.74 Å². The molecule has 0 fully saturated rings.